The summed E-state index contributed by atoms with van der Waals surface area (Å²) < 4.78 is 6.45. The fourth-order valence-electron chi connectivity index (χ4n) is 5.55. The number of aliphatic hydroxyl groups is 1. The zero-order valence-corrected chi connectivity index (χ0v) is 23.0. The number of carbonyl (C=O) groups is 1. The van der Waals surface area contributed by atoms with Crippen molar-refractivity contribution < 1.29 is 14.6 Å². The first-order valence-electron chi connectivity index (χ1n) is 13.1. The van der Waals surface area contributed by atoms with Crippen LogP contribution in [0.15, 0.2) is 29.6 Å². The first kappa shape index (κ1) is 27.9. The van der Waals surface area contributed by atoms with Gasteiger partial charge in [-0.25, -0.2) is 4.79 Å². The highest BCUT2D eigenvalue weighted by Gasteiger charge is 2.42. The molecule has 3 rings (SSSR count). The van der Waals surface area contributed by atoms with Gasteiger partial charge in [-0.1, -0.05) is 32.9 Å². The predicted molar refractivity (Wildman–Crippen MR) is 146 cm³/mol. The fraction of sp³-hybridized carbons (Fsp3) is 0.679. The minimum atomic E-state index is -0.983. The number of fused-ring (bicyclic) bond motifs is 1. The van der Waals surface area contributed by atoms with E-state index >= 15 is 0 Å². The minimum absolute atomic E-state index is 0.0135. The number of unbranched alkanes of at least 4 members (excludes halogenated alkanes) is 1. The number of urea groups is 1. The largest absolute Gasteiger partial charge is 0.385 e. The van der Waals surface area contributed by atoms with Crippen molar-refractivity contribution in [1.82, 2.24) is 15.5 Å². The van der Waals surface area contributed by atoms with Crippen molar-refractivity contribution in [1.29, 1.82) is 0 Å². The van der Waals surface area contributed by atoms with Crippen molar-refractivity contribution in [3.8, 4) is 0 Å². The van der Waals surface area contributed by atoms with Crippen LogP contribution in [0.4, 0.5) is 4.79 Å². The molecule has 1 aromatic heterocycles. The molecule has 35 heavy (non-hydrogen) atoms. The van der Waals surface area contributed by atoms with E-state index in [1.165, 1.54) is 4.70 Å². The number of hydrogen-bond acceptors (Lipinski definition) is 5. The number of benzene rings is 1. The topological polar surface area (TPSA) is 73.8 Å². The number of rotatable bonds is 11. The van der Waals surface area contributed by atoms with Crippen LogP contribution in [0.5, 0.6) is 0 Å². The number of ether oxygens (including phenoxy) is 1. The SMILES string of the molecule is CNCC(CC(C)(C)C)NC(=O)N1CCCC(C(O)(CCCCOC)c2cccc3sccc23)C1. The monoisotopic (exact) mass is 503 g/mol. The van der Waals surface area contributed by atoms with Gasteiger partial charge in [0, 0.05) is 50.0 Å². The van der Waals surface area contributed by atoms with Gasteiger partial charge in [0.1, 0.15) is 0 Å². The van der Waals surface area contributed by atoms with E-state index in [1.54, 1.807) is 18.4 Å². The maximum absolute atomic E-state index is 13.3. The van der Waals surface area contributed by atoms with Gasteiger partial charge in [-0.2, -0.15) is 0 Å². The van der Waals surface area contributed by atoms with E-state index in [9.17, 15) is 9.90 Å². The molecule has 1 fully saturated rings. The Kier molecular flexibility index (Phi) is 9.99. The summed E-state index contributed by atoms with van der Waals surface area (Å²) >= 11 is 1.71. The molecule has 0 spiro atoms. The Hall–Kier alpha value is -1.67. The number of nitrogens with one attached hydrogen (secondary N) is 2. The van der Waals surface area contributed by atoms with Gasteiger partial charge in [0.05, 0.1) is 5.60 Å². The third kappa shape index (κ3) is 7.42. The van der Waals surface area contributed by atoms with Gasteiger partial charge in [0.15, 0.2) is 0 Å². The van der Waals surface area contributed by atoms with Gasteiger partial charge < -0.3 is 25.4 Å². The van der Waals surface area contributed by atoms with Crippen molar-refractivity contribution in [3.63, 3.8) is 0 Å². The van der Waals surface area contributed by atoms with Crippen molar-refractivity contribution in [3.05, 3.63) is 35.2 Å². The minimum Gasteiger partial charge on any atom is -0.385 e. The summed E-state index contributed by atoms with van der Waals surface area (Å²) in [7, 11) is 3.64. The highest BCUT2D eigenvalue weighted by Crippen LogP contribution is 2.43. The van der Waals surface area contributed by atoms with Gasteiger partial charge in [0.25, 0.3) is 0 Å². The second-order valence-electron chi connectivity index (χ2n) is 11.3. The molecule has 0 saturated carbocycles. The van der Waals surface area contributed by atoms with E-state index in [-0.39, 0.29) is 23.4 Å². The van der Waals surface area contributed by atoms with Crippen molar-refractivity contribution in [2.24, 2.45) is 11.3 Å². The summed E-state index contributed by atoms with van der Waals surface area (Å²) in [6.07, 6.45) is 5.16. The molecule has 3 atom stereocenters. The number of piperidine rings is 1. The third-order valence-electron chi connectivity index (χ3n) is 7.14. The lowest BCUT2D eigenvalue weighted by atomic mass is 9.73. The zero-order chi connectivity index (χ0) is 25.5. The average molecular weight is 504 g/mol. The maximum atomic E-state index is 13.3. The molecule has 0 aliphatic carbocycles. The molecular formula is C28H45N3O3S. The molecule has 2 heterocycles. The number of carbonyl (C=O) groups excluding carboxylic acids is 1. The van der Waals surface area contributed by atoms with Crippen LogP contribution >= 0.6 is 11.3 Å². The fourth-order valence-corrected chi connectivity index (χ4v) is 6.36. The van der Waals surface area contributed by atoms with Crippen LogP contribution in [0.3, 0.4) is 0 Å². The van der Waals surface area contributed by atoms with Crippen molar-refractivity contribution >= 4 is 27.5 Å². The number of thiophene rings is 1. The Bertz CT molecular complexity index is 941. The van der Waals surface area contributed by atoms with Crippen LogP contribution in [0.25, 0.3) is 10.1 Å². The summed E-state index contributed by atoms with van der Waals surface area (Å²) in [5, 5.41) is 22.1. The molecule has 196 valence electrons. The van der Waals surface area contributed by atoms with Crippen LogP contribution < -0.4 is 10.6 Å². The number of likely N-dealkylation sites (N-methyl/N-ethyl adjacent to an activating group) is 1. The molecule has 1 aliphatic rings. The van der Waals surface area contributed by atoms with E-state index < -0.39 is 5.60 Å². The van der Waals surface area contributed by atoms with Crippen LogP contribution in [0.1, 0.15) is 64.9 Å². The number of nitrogens with zero attached hydrogens (tertiary/aromatic N) is 1. The Morgan fingerprint density at radius 1 is 1.29 bits per heavy atom. The van der Waals surface area contributed by atoms with Gasteiger partial charge in [-0.3, -0.25) is 0 Å². The molecule has 6 nitrogen and oxygen atoms in total. The zero-order valence-electron chi connectivity index (χ0n) is 22.2. The Labute approximate surface area is 215 Å². The molecular weight excluding hydrogens is 458 g/mol. The number of amides is 2. The Balaban J connectivity index is 1.80. The summed E-state index contributed by atoms with van der Waals surface area (Å²) in [6.45, 7) is 9.33. The first-order valence-corrected chi connectivity index (χ1v) is 13.9. The second-order valence-corrected chi connectivity index (χ2v) is 12.2. The maximum Gasteiger partial charge on any atom is 0.317 e. The summed E-state index contributed by atoms with van der Waals surface area (Å²) in [4.78, 5) is 15.3. The second kappa shape index (κ2) is 12.5. The van der Waals surface area contributed by atoms with Gasteiger partial charge >= 0.3 is 6.03 Å². The molecule has 2 aromatic rings. The van der Waals surface area contributed by atoms with Crippen LogP contribution in [-0.4, -0.2) is 62.5 Å². The molecule has 0 radical (unpaired) electrons. The molecule has 3 N–H and O–H groups in total. The van der Waals surface area contributed by atoms with E-state index in [1.807, 2.05) is 11.9 Å². The molecule has 2 amide bonds. The standard InChI is InChI=1S/C28H45N3O3S/c1-27(2,3)18-22(19-29-4)30-26(32)31-15-9-10-21(20-31)28(33,14-6-7-16-34-5)24-11-8-12-25-23(24)13-17-35-25/h8,11-13,17,21-22,29,33H,6-7,9-10,14-16,18-20H2,1-5H3,(H,30,32). The summed E-state index contributed by atoms with van der Waals surface area (Å²) in [5.74, 6) is -0.0135. The van der Waals surface area contributed by atoms with E-state index in [0.29, 0.717) is 19.6 Å². The molecule has 3 unspecified atom stereocenters. The lowest BCUT2D eigenvalue weighted by molar-refractivity contribution is -0.0552. The summed E-state index contributed by atoms with van der Waals surface area (Å²) in [5.41, 5.74) is 0.144. The van der Waals surface area contributed by atoms with Crippen LogP contribution in [0, 0.1) is 11.3 Å². The van der Waals surface area contributed by atoms with Crippen molar-refractivity contribution in [2.45, 2.75) is 70.9 Å². The van der Waals surface area contributed by atoms with Crippen LogP contribution in [0.2, 0.25) is 0 Å². The van der Waals surface area contributed by atoms with Gasteiger partial charge in [-0.05, 0) is 79.5 Å². The van der Waals surface area contributed by atoms with E-state index in [4.69, 9.17) is 4.74 Å². The quantitative estimate of drug-likeness (QED) is 0.361. The Morgan fingerprint density at radius 2 is 2.09 bits per heavy atom. The third-order valence-corrected chi connectivity index (χ3v) is 8.02. The number of likely N-dealkylation sites (tertiary alicyclic amines) is 1. The molecule has 1 saturated heterocycles. The number of hydrogen-bond donors (Lipinski definition) is 3. The lowest BCUT2D eigenvalue weighted by Crippen LogP contribution is -2.54. The average Bonchev–Trinajstić information content (AvgIpc) is 3.30. The molecule has 7 heteroatoms. The van der Waals surface area contributed by atoms with Gasteiger partial charge in [-0.15, -0.1) is 11.3 Å². The molecule has 1 aromatic carbocycles. The van der Waals surface area contributed by atoms with Gasteiger partial charge in [0.2, 0.25) is 0 Å². The van der Waals surface area contributed by atoms with Crippen molar-refractivity contribution in [2.75, 3.05) is 40.4 Å². The Morgan fingerprint density at radius 3 is 2.80 bits per heavy atom. The highest BCUT2D eigenvalue weighted by atomic mass is 32.1. The molecule has 0 bridgehead atoms. The predicted octanol–water partition coefficient (Wildman–Crippen LogP) is 5.35. The highest BCUT2D eigenvalue weighted by molar-refractivity contribution is 7.17. The lowest BCUT2D eigenvalue weighted by Gasteiger charge is -2.43. The smallest absolute Gasteiger partial charge is 0.317 e. The summed E-state index contributed by atoms with van der Waals surface area (Å²) in [6, 6.07) is 8.42. The van der Waals surface area contributed by atoms with Crippen LogP contribution in [-0.2, 0) is 10.3 Å². The molecule has 1 aliphatic heterocycles. The first-order chi connectivity index (χ1) is 16.7. The van der Waals surface area contributed by atoms with E-state index in [2.05, 4.69) is 61.1 Å². The normalized spacial score (nSPS) is 19.5. The van der Waals surface area contributed by atoms with E-state index in [0.717, 1.165) is 56.1 Å². The number of methoxy groups -OCH3 is 1.